The second kappa shape index (κ2) is 5.81. The Labute approximate surface area is 112 Å². The molecule has 88 valence electrons. The van der Waals surface area contributed by atoms with Gasteiger partial charge in [0.2, 0.25) is 0 Å². The Bertz CT molecular complexity index is 354. The van der Waals surface area contributed by atoms with Crippen LogP contribution >= 0.6 is 22.6 Å². The van der Waals surface area contributed by atoms with Crippen LogP contribution in [-0.2, 0) is 4.74 Å². The molecule has 0 N–H and O–H groups in total. The van der Waals surface area contributed by atoms with Crippen molar-refractivity contribution in [3.8, 4) is 0 Å². The number of hydrogen-bond acceptors (Lipinski definition) is 2. The van der Waals surface area contributed by atoms with Crippen molar-refractivity contribution in [2.24, 2.45) is 0 Å². The summed E-state index contributed by atoms with van der Waals surface area (Å²) in [5.41, 5.74) is 0.635. The van der Waals surface area contributed by atoms with Gasteiger partial charge in [0.05, 0.1) is 12.2 Å². The lowest BCUT2D eigenvalue weighted by Crippen LogP contribution is -2.22. The molecule has 4 heteroatoms. The monoisotopic (exact) mass is 348 g/mol. The summed E-state index contributed by atoms with van der Waals surface area (Å²) >= 11 is 2.21. The van der Waals surface area contributed by atoms with E-state index in [0.29, 0.717) is 12.2 Å². The van der Waals surface area contributed by atoms with E-state index in [1.807, 2.05) is 12.1 Å². The molecule has 0 heterocycles. The number of rotatable bonds is 4. The van der Waals surface area contributed by atoms with Crippen molar-refractivity contribution in [1.82, 2.24) is 0 Å². The zero-order valence-electron chi connectivity index (χ0n) is 9.92. The highest BCUT2D eigenvalue weighted by Crippen LogP contribution is 2.11. The molecule has 1 aromatic rings. The molecule has 0 bridgehead atoms. The maximum Gasteiger partial charge on any atom is 0.338 e. The van der Waals surface area contributed by atoms with Gasteiger partial charge < -0.3 is 4.74 Å². The van der Waals surface area contributed by atoms with Gasteiger partial charge in [-0.2, -0.15) is 0 Å². The van der Waals surface area contributed by atoms with Crippen molar-refractivity contribution in [1.29, 1.82) is 0 Å². The highest BCUT2D eigenvalue weighted by molar-refractivity contribution is 14.1. The third-order valence-corrected chi connectivity index (χ3v) is 4.59. The Morgan fingerprint density at radius 2 is 1.81 bits per heavy atom. The normalized spacial score (nSPS) is 11.2. The van der Waals surface area contributed by atoms with Crippen LogP contribution in [0.15, 0.2) is 24.3 Å². The zero-order chi connectivity index (χ0) is 12.2. The van der Waals surface area contributed by atoms with E-state index in [1.165, 1.54) is 0 Å². The van der Waals surface area contributed by atoms with Crippen LogP contribution in [0.2, 0.25) is 25.7 Å². The van der Waals surface area contributed by atoms with E-state index in [0.717, 1.165) is 9.61 Å². The van der Waals surface area contributed by atoms with Gasteiger partial charge in [0.25, 0.3) is 0 Å². The van der Waals surface area contributed by atoms with Crippen LogP contribution in [0.3, 0.4) is 0 Å². The maximum atomic E-state index is 11.6. The Morgan fingerprint density at radius 3 is 2.31 bits per heavy atom. The summed E-state index contributed by atoms with van der Waals surface area (Å²) in [6.45, 7) is 7.35. The van der Waals surface area contributed by atoms with E-state index in [1.54, 1.807) is 12.1 Å². The van der Waals surface area contributed by atoms with E-state index in [-0.39, 0.29) is 5.97 Å². The average Bonchev–Trinajstić information content (AvgIpc) is 2.16. The number of hydrogen-bond donors (Lipinski definition) is 0. The van der Waals surface area contributed by atoms with Gasteiger partial charge in [0, 0.05) is 11.6 Å². The third kappa shape index (κ3) is 5.11. The van der Waals surface area contributed by atoms with Crippen molar-refractivity contribution >= 4 is 36.6 Å². The molecule has 0 fully saturated rings. The minimum atomic E-state index is -1.11. The van der Waals surface area contributed by atoms with Crippen molar-refractivity contribution in [3.63, 3.8) is 0 Å². The van der Waals surface area contributed by atoms with Gasteiger partial charge in [0.1, 0.15) is 0 Å². The molecule has 0 saturated carbocycles. The Hall–Kier alpha value is -0.363. The summed E-state index contributed by atoms with van der Waals surface area (Å²) in [5.74, 6) is -0.213. The minimum Gasteiger partial charge on any atom is -0.462 e. The fourth-order valence-electron chi connectivity index (χ4n) is 1.12. The van der Waals surface area contributed by atoms with Crippen molar-refractivity contribution in [2.45, 2.75) is 25.7 Å². The molecular formula is C12H17IO2Si. The van der Waals surface area contributed by atoms with Crippen LogP contribution in [0.4, 0.5) is 0 Å². The molecule has 0 aliphatic rings. The standard InChI is InChI=1S/C12H17IO2Si/c1-16(2,3)9-8-15-12(14)10-4-6-11(13)7-5-10/h4-7H,8-9H2,1-3H3. The molecule has 0 aromatic heterocycles. The number of ether oxygens (including phenoxy) is 1. The van der Waals surface area contributed by atoms with Gasteiger partial charge in [0.15, 0.2) is 0 Å². The van der Waals surface area contributed by atoms with E-state index in [2.05, 4.69) is 42.2 Å². The molecule has 0 aliphatic heterocycles. The first-order valence-electron chi connectivity index (χ1n) is 5.31. The number of carbonyl (C=O) groups is 1. The summed E-state index contributed by atoms with van der Waals surface area (Å²) in [5, 5.41) is 0. The average molecular weight is 348 g/mol. The topological polar surface area (TPSA) is 26.3 Å². The Balaban J connectivity index is 2.44. The molecule has 0 amide bonds. The van der Waals surface area contributed by atoms with E-state index in [4.69, 9.17) is 4.74 Å². The smallest absolute Gasteiger partial charge is 0.338 e. The first-order valence-corrected chi connectivity index (χ1v) is 10.1. The number of esters is 1. The predicted octanol–water partition coefficient (Wildman–Crippen LogP) is 3.79. The van der Waals surface area contributed by atoms with Gasteiger partial charge in [-0.1, -0.05) is 19.6 Å². The first-order chi connectivity index (χ1) is 7.38. The van der Waals surface area contributed by atoms with Crippen LogP contribution in [0, 0.1) is 3.57 Å². The largest absolute Gasteiger partial charge is 0.462 e. The SMILES string of the molecule is C[Si](C)(C)CCOC(=O)c1ccc(I)cc1. The molecule has 0 spiro atoms. The molecule has 1 rings (SSSR count). The second-order valence-electron chi connectivity index (χ2n) is 4.95. The summed E-state index contributed by atoms with van der Waals surface area (Å²) in [4.78, 5) is 11.6. The van der Waals surface area contributed by atoms with Crippen LogP contribution in [0.5, 0.6) is 0 Å². The van der Waals surface area contributed by atoms with Crippen LogP contribution < -0.4 is 0 Å². The first kappa shape index (κ1) is 13.7. The number of carbonyl (C=O) groups excluding carboxylic acids is 1. The molecule has 1 aromatic carbocycles. The van der Waals surface area contributed by atoms with Crippen LogP contribution in [0.1, 0.15) is 10.4 Å². The molecule has 0 radical (unpaired) electrons. The lowest BCUT2D eigenvalue weighted by Gasteiger charge is -2.15. The molecule has 16 heavy (non-hydrogen) atoms. The lowest BCUT2D eigenvalue weighted by molar-refractivity contribution is 0.0525. The number of benzene rings is 1. The fourth-order valence-corrected chi connectivity index (χ4v) is 2.19. The quantitative estimate of drug-likeness (QED) is 0.470. The molecule has 0 unspecified atom stereocenters. The fraction of sp³-hybridized carbons (Fsp3) is 0.417. The zero-order valence-corrected chi connectivity index (χ0v) is 13.1. The second-order valence-corrected chi connectivity index (χ2v) is 11.8. The van der Waals surface area contributed by atoms with Crippen molar-refractivity contribution in [2.75, 3.05) is 6.61 Å². The third-order valence-electron chi connectivity index (χ3n) is 2.17. The van der Waals surface area contributed by atoms with Crippen molar-refractivity contribution in [3.05, 3.63) is 33.4 Å². The summed E-state index contributed by atoms with van der Waals surface area (Å²) in [6.07, 6.45) is 0. The van der Waals surface area contributed by atoms with Gasteiger partial charge in [-0.05, 0) is 52.9 Å². The molecule has 0 aliphatic carbocycles. The highest BCUT2D eigenvalue weighted by atomic mass is 127. The maximum absolute atomic E-state index is 11.6. The van der Waals surface area contributed by atoms with Gasteiger partial charge in [-0.25, -0.2) is 4.79 Å². The Kier molecular flexibility index (Phi) is 4.98. The van der Waals surface area contributed by atoms with Gasteiger partial charge in [-0.15, -0.1) is 0 Å². The molecular weight excluding hydrogens is 331 g/mol. The lowest BCUT2D eigenvalue weighted by atomic mass is 10.2. The van der Waals surface area contributed by atoms with E-state index in [9.17, 15) is 4.79 Å². The molecule has 2 nitrogen and oxygen atoms in total. The predicted molar refractivity (Wildman–Crippen MR) is 77.6 cm³/mol. The number of halogens is 1. The summed E-state index contributed by atoms with van der Waals surface area (Å²) in [6, 6.07) is 8.45. The highest BCUT2D eigenvalue weighted by Gasteiger charge is 2.14. The van der Waals surface area contributed by atoms with Crippen molar-refractivity contribution < 1.29 is 9.53 Å². The van der Waals surface area contributed by atoms with Gasteiger partial charge in [-0.3, -0.25) is 0 Å². The van der Waals surface area contributed by atoms with E-state index >= 15 is 0 Å². The molecule has 0 saturated heterocycles. The Morgan fingerprint density at radius 1 is 1.25 bits per heavy atom. The van der Waals surface area contributed by atoms with Gasteiger partial charge >= 0.3 is 5.97 Å². The minimum absolute atomic E-state index is 0.213. The van der Waals surface area contributed by atoms with Crippen LogP contribution in [0.25, 0.3) is 0 Å². The summed E-state index contributed by atoms with van der Waals surface area (Å²) < 4.78 is 6.36. The summed E-state index contributed by atoms with van der Waals surface area (Å²) in [7, 11) is -1.11. The molecule has 0 atom stereocenters. The van der Waals surface area contributed by atoms with Crippen LogP contribution in [-0.4, -0.2) is 20.7 Å². The van der Waals surface area contributed by atoms with E-state index < -0.39 is 8.07 Å².